The monoisotopic (exact) mass is 293 g/mol. The van der Waals surface area contributed by atoms with Crippen LogP contribution in [-0.2, 0) is 4.79 Å². The molecule has 116 valence electrons. The van der Waals surface area contributed by atoms with Gasteiger partial charge in [0.15, 0.2) is 5.75 Å². The van der Waals surface area contributed by atoms with Crippen molar-refractivity contribution in [3.05, 3.63) is 18.0 Å². The molecule has 2 heterocycles. The highest BCUT2D eigenvalue weighted by molar-refractivity contribution is 5.69. The van der Waals surface area contributed by atoms with Gasteiger partial charge in [-0.2, -0.15) is 0 Å². The minimum Gasteiger partial charge on any atom is -0.493 e. The van der Waals surface area contributed by atoms with Gasteiger partial charge < -0.3 is 20.1 Å². The van der Waals surface area contributed by atoms with Crippen molar-refractivity contribution in [2.75, 3.05) is 38.2 Å². The Balaban J connectivity index is 2.00. The molecule has 0 aromatic carbocycles. The van der Waals surface area contributed by atoms with Crippen LogP contribution in [0.4, 0.5) is 5.69 Å². The van der Waals surface area contributed by atoms with Crippen molar-refractivity contribution in [1.82, 2.24) is 10.3 Å². The van der Waals surface area contributed by atoms with Crippen LogP contribution in [0.2, 0.25) is 0 Å². The summed E-state index contributed by atoms with van der Waals surface area (Å²) in [5.74, 6) is 0.435. The van der Waals surface area contributed by atoms with Gasteiger partial charge in [0, 0.05) is 25.3 Å². The van der Waals surface area contributed by atoms with E-state index in [0.717, 1.165) is 49.6 Å². The van der Waals surface area contributed by atoms with Crippen LogP contribution < -0.4 is 15.0 Å². The maximum absolute atomic E-state index is 10.6. The smallest absolute Gasteiger partial charge is 0.317 e. The number of rotatable bonds is 6. The Morgan fingerprint density at radius 1 is 1.62 bits per heavy atom. The number of pyridine rings is 1. The number of carbonyl (C=O) groups is 1. The molecule has 2 rings (SSSR count). The summed E-state index contributed by atoms with van der Waals surface area (Å²) in [6.45, 7) is 4.63. The van der Waals surface area contributed by atoms with Crippen molar-refractivity contribution < 1.29 is 14.6 Å². The van der Waals surface area contributed by atoms with Gasteiger partial charge in [-0.15, -0.1) is 0 Å². The van der Waals surface area contributed by atoms with Crippen LogP contribution in [0.15, 0.2) is 12.3 Å². The maximum Gasteiger partial charge on any atom is 0.317 e. The van der Waals surface area contributed by atoms with Gasteiger partial charge in [-0.05, 0) is 31.7 Å². The first-order valence-electron chi connectivity index (χ1n) is 7.28. The van der Waals surface area contributed by atoms with Gasteiger partial charge in [0.2, 0.25) is 0 Å². The molecule has 1 aliphatic rings. The molecule has 1 aromatic rings. The minimum atomic E-state index is -0.811. The lowest BCUT2D eigenvalue weighted by Gasteiger charge is -2.35. The van der Waals surface area contributed by atoms with Crippen LogP contribution in [0.1, 0.15) is 18.5 Å². The van der Waals surface area contributed by atoms with Crippen molar-refractivity contribution in [1.29, 1.82) is 0 Å². The zero-order valence-electron chi connectivity index (χ0n) is 12.6. The molecule has 0 saturated carbocycles. The van der Waals surface area contributed by atoms with E-state index in [0.29, 0.717) is 5.92 Å². The Kier molecular flexibility index (Phi) is 5.38. The predicted molar refractivity (Wildman–Crippen MR) is 81.0 cm³/mol. The summed E-state index contributed by atoms with van der Waals surface area (Å²) in [6, 6.07) is 2.05. The SMILES string of the molecule is COc1cnc(C)cc1N1CCCC(CNCC(=O)O)C1. The minimum absolute atomic E-state index is 0.0220. The van der Waals surface area contributed by atoms with Gasteiger partial charge >= 0.3 is 5.97 Å². The van der Waals surface area contributed by atoms with Gasteiger partial charge in [0.1, 0.15) is 0 Å². The van der Waals surface area contributed by atoms with Crippen LogP contribution in [0, 0.1) is 12.8 Å². The molecule has 1 unspecified atom stereocenters. The molecule has 21 heavy (non-hydrogen) atoms. The van der Waals surface area contributed by atoms with E-state index in [2.05, 4.69) is 15.2 Å². The molecule has 0 radical (unpaired) electrons. The molecule has 2 N–H and O–H groups in total. The molecule has 1 fully saturated rings. The number of ether oxygens (including phenoxy) is 1. The summed E-state index contributed by atoms with van der Waals surface area (Å²) in [5, 5.41) is 11.7. The van der Waals surface area contributed by atoms with Crippen molar-refractivity contribution in [2.45, 2.75) is 19.8 Å². The topological polar surface area (TPSA) is 74.7 Å². The quantitative estimate of drug-likeness (QED) is 0.823. The van der Waals surface area contributed by atoms with Crippen molar-refractivity contribution in [2.24, 2.45) is 5.92 Å². The second-order valence-electron chi connectivity index (χ2n) is 5.48. The first kappa shape index (κ1) is 15.6. The fraction of sp³-hybridized carbons (Fsp3) is 0.600. The van der Waals surface area contributed by atoms with E-state index in [1.54, 1.807) is 13.3 Å². The third-order valence-electron chi connectivity index (χ3n) is 3.77. The van der Waals surface area contributed by atoms with Gasteiger partial charge in [0.05, 0.1) is 25.5 Å². The molecule has 6 nitrogen and oxygen atoms in total. The average molecular weight is 293 g/mol. The molecule has 1 atom stereocenters. The van der Waals surface area contributed by atoms with E-state index in [9.17, 15) is 4.79 Å². The predicted octanol–water partition coefficient (Wildman–Crippen LogP) is 1.29. The number of hydrogen-bond donors (Lipinski definition) is 2. The Morgan fingerprint density at radius 2 is 2.43 bits per heavy atom. The lowest BCUT2D eigenvalue weighted by molar-refractivity contribution is -0.136. The van der Waals surface area contributed by atoms with E-state index in [4.69, 9.17) is 9.84 Å². The van der Waals surface area contributed by atoms with Gasteiger partial charge in [-0.1, -0.05) is 0 Å². The first-order chi connectivity index (χ1) is 10.1. The second kappa shape index (κ2) is 7.26. The lowest BCUT2D eigenvalue weighted by Crippen LogP contribution is -2.40. The number of piperidine rings is 1. The number of methoxy groups -OCH3 is 1. The van der Waals surface area contributed by atoms with Crippen molar-refractivity contribution >= 4 is 11.7 Å². The normalized spacial score (nSPS) is 18.6. The summed E-state index contributed by atoms with van der Waals surface area (Å²) >= 11 is 0. The number of anilines is 1. The Hall–Kier alpha value is -1.82. The van der Waals surface area contributed by atoms with E-state index >= 15 is 0 Å². The summed E-state index contributed by atoms with van der Waals surface area (Å²) < 4.78 is 5.40. The molecule has 1 aromatic heterocycles. The molecule has 1 saturated heterocycles. The fourth-order valence-corrected chi connectivity index (χ4v) is 2.77. The fourth-order valence-electron chi connectivity index (χ4n) is 2.77. The molecule has 0 aliphatic carbocycles. The largest absolute Gasteiger partial charge is 0.493 e. The van der Waals surface area contributed by atoms with E-state index in [1.165, 1.54) is 0 Å². The van der Waals surface area contributed by atoms with E-state index in [1.807, 2.05) is 13.0 Å². The number of carboxylic acid groups (broad SMARTS) is 1. The lowest BCUT2D eigenvalue weighted by atomic mass is 9.97. The average Bonchev–Trinajstić information content (AvgIpc) is 2.47. The maximum atomic E-state index is 10.6. The van der Waals surface area contributed by atoms with Crippen molar-refractivity contribution in [3.8, 4) is 5.75 Å². The molecule has 6 heteroatoms. The molecule has 1 aliphatic heterocycles. The summed E-state index contributed by atoms with van der Waals surface area (Å²) in [7, 11) is 1.66. The number of aromatic nitrogens is 1. The molecular weight excluding hydrogens is 270 g/mol. The molecule has 0 spiro atoms. The van der Waals surface area contributed by atoms with Crippen LogP contribution in [-0.4, -0.2) is 49.3 Å². The van der Waals surface area contributed by atoms with Crippen LogP contribution in [0.3, 0.4) is 0 Å². The summed E-state index contributed by atoms with van der Waals surface area (Å²) in [5.41, 5.74) is 2.05. The Bertz CT molecular complexity index is 493. The number of aryl methyl sites for hydroxylation is 1. The van der Waals surface area contributed by atoms with Crippen LogP contribution >= 0.6 is 0 Å². The van der Waals surface area contributed by atoms with E-state index in [-0.39, 0.29) is 6.54 Å². The zero-order valence-corrected chi connectivity index (χ0v) is 12.6. The van der Waals surface area contributed by atoms with Crippen LogP contribution in [0.5, 0.6) is 5.75 Å². The first-order valence-corrected chi connectivity index (χ1v) is 7.28. The number of nitrogens with one attached hydrogen (secondary N) is 1. The number of hydrogen-bond acceptors (Lipinski definition) is 5. The molecular formula is C15H23N3O3. The zero-order chi connectivity index (χ0) is 15.2. The third-order valence-corrected chi connectivity index (χ3v) is 3.77. The van der Waals surface area contributed by atoms with E-state index < -0.39 is 5.97 Å². The van der Waals surface area contributed by atoms with Crippen LogP contribution in [0.25, 0.3) is 0 Å². The van der Waals surface area contributed by atoms with Gasteiger partial charge in [-0.3, -0.25) is 9.78 Å². The Morgan fingerprint density at radius 3 is 3.14 bits per heavy atom. The van der Waals surface area contributed by atoms with Gasteiger partial charge in [-0.25, -0.2) is 0 Å². The highest BCUT2D eigenvalue weighted by Gasteiger charge is 2.22. The highest BCUT2D eigenvalue weighted by Crippen LogP contribution is 2.31. The highest BCUT2D eigenvalue weighted by atomic mass is 16.5. The summed E-state index contributed by atoms with van der Waals surface area (Å²) in [6.07, 6.45) is 3.98. The number of nitrogens with zero attached hydrogens (tertiary/aromatic N) is 2. The number of aliphatic carboxylic acids is 1. The number of carboxylic acids is 1. The second-order valence-corrected chi connectivity index (χ2v) is 5.48. The standard InChI is InChI=1S/C15H23N3O3/c1-11-6-13(14(21-2)8-17-11)18-5-3-4-12(10-18)7-16-9-15(19)20/h6,8,12,16H,3-5,7,9-10H2,1-2H3,(H,19,20). The van der Waals surface area contributed by atoms with Crippen molar-refractivity contribution in [3.63, 3.8) is 0 Å². The Labute approximate surface area is 125 Å². The van der Waals surface area contributed by atoms with Gasteiger partial charge in [0.25, 0.3) is 0 Å². The summed E-state index contributed by atoms with van der Waals surface area (Å²) in [4.78, 5) is 17.1. The molecule has 0 bridgehead atoms. The third kappa shape index (κ3) is 4.32. The molecule has 0 amide bonds.